The zero-order chi connectivity index (χ0) is 15.6. The molecule has 3 N–H and O–H groups in total. The molecule has 0 atom stereocenters. The number of nitrogens with one attached hydrogen (secondary N) is 1. The van der Waals surface area contributed by atoms with E-state index in [1.165, 1.54) is 10.6 Å². The molecule has 2 amide bonds. The summed E-state index contributed by atoms with van der Waals surface area (Å²) in [5, 5.41) is 3.35. The first kappa shape index (κ1) is 15.4. The molecule has 0 fully saturated rings. The van der Waals surface area contributed by atoms with E-state index >= 15 is 0 Å². The summed E-state index contributed by atoms with van der Waals surface area (Å²) in [6.45, 7) is 0. The fourth-order valence-electron chi connectivity index (χ4n) is 1.86. The Balaban J connectivity index is 2.12. The lowest BCUT2D eigenvalue weighted by Gasteiger charge is -2.07. The highest BCUT2D eigenvalue weighted by Crippen LogP contribution is 2.25. The number of rotatable bonds is 4. The molecule has 0 aliphatic rings. The van der Waals surface area contributed by atoms with Crippen LogP contribution in [0.25, 0.3) is 0 Å². The van der Waals surface area contributed by atoms with Gasteiger partial charge in [0, 0.05) is 12.7 Å². The van der Waals surface area contributed by atoms with Gasteiger partial charge in [-0.3, -0.25) is 9.59 Å². The molecule has 2 aromatic rings. The van der Waals surface area contributed by atoms with Crippen LogP contribution in [0.2, 0.25) is 10.2 Å². The van der Waals surface area contributed by atoms with Crippen molar-refractivity contribution in [1.29, 1.82) is 0 Å². The zero-order valence-electron chi connectivity index (χ0n) is 11.2. The van der Waals surface area contributed by atoms with Gasteiger partial charge in [-0.05, 0) is 23.8 Å². The molecule has 5 nitrogen and oxygen atoms in total. The van der Waals surface area contributed by atoms with Crippen LogP contribution in [0.15, 0.2) is 30.3 Å². The number of benzene rings is 1. The van der Waals surface area contributed by atoms with Crippen LogP contribution in [-0.4, -0.2) is 16.4 Å². The van der Waals surface area contributed by atoms with Crippen LogP contribution in [0.4, 0.5) is 5.69 Å². The number of hydrogen-bond acceptors (Lipinski definition) is 2. The highest BCUT2D eigenvalue weighted by Gasteiger charge is 2.15. The molecule has 0 aliphatic carbocycles. The van der Waals surface area contributed by atoms with Gasteiger partial charge < -0.3 is 15.6 Å². The average Bonchev–Trinajstić information content (AvgIpc) is 2.68. The third kappa shape index (κ3) is 3.56. The van der Waals surface area contributed by atoms with Gasteiger partial charge in [0.05, 0.1) is 11.4 Å². The number of amides is 2. The van der Waals surface area contributed by atoms with E-state index in [4.69, 9.17) is 28.9 Å². The highest BCUT2D eigenvalue weighted by molar-refractivity contribution is 6.42. The Morgan fingerprint density at radius 3 is 2.33 bits per heavy atom. The number of nitrogens with two attached hydrogens (primary N) is 1. The van der Waals surface area contributed by atoms with Crippen LogP contribution in [0, 0.1) is 0 Å². The highest BCUT2D eigenvalue weighted by atomic mass is 35.5. The number of aromatic nitrogens is 1. The average molecular weight is 326 g/mol. The molecular weight excluding hydrogens is 313 g/mol. The molecule has 0 spiro atoms. The SMILES string of the molecule is Cn1c(C(=O)Nc2ccc(CC(N)=O)cc2)cc(Cl)c1Cl. The topological polar surface area (TPSA) is 77.1 Å². The molecule has 0 radical (unpaired) electrons. The second-order valence-corrected chi connectivity index (χ2v) is 5.29. The summed E-state index contributed by atoms with van der Waals surface area (Å²) in [5.74, 6) is -0.728. The molecule has 2 rings (SSSR count). The first-order valence-corrected chi connectivity index (χ1v) is 6.83. The van der Waals surface area contributed by atoms with Crippen molar-refractivity contribution in [3.8, 4) is 0 Å². The minimum atomic E-state index is -0.403. The van der Waals surface area contributed by atoms with E-state index in [1.807, 2.05) is 0 Å². The number of anilines is 1. The maximum Gasteiger partial charge on any atom is 0.272 e. The largest absolute Gasteiger partial charge is 0.369 e. The van der Waals surface area contributed by atoms with Gasteiger partial charge in [-0.2, -0.15) is 0 Å². The van der Waals surface area contributed by atoms with E-state index in [9.17, 15) is 9.59 Å². The summed E-state index contributed by atoms with van der Waals surface area (Å²) in [5.41, 5.74) is 6.85. The molecule has 0 saturated carbocycles. The summed E-state index contributed by atoms with van der Waals surface area (Å²) in [6.07, 6.45) is 0.164. The smallest absolute Gasteiger partial charge is 0.272 e. The minimum Gasteiger partial charge on any atom is -0.369 e. The van der Waals surface area contributed by atoms with Gasteiger partial charge in [0.1, 0.15) is 10.8 Å². The van der Waals surface area contributed by atoms with Crippen molar-refractivity contribution in [2.24, 2.45) is 12.8 Å². The minimum absolute atomic E-state index is 0.164. The summed E-state index contributed by atoms with van der Waals surface area (Å²) >= 11 is 11.8. The lowest BCUT2D eigenvalue weighted by molar-refractivity contribution is -0.117. The number of carbonyl (C=O) groups is 2. The maximum absolute atomic E-state index is 12.1. The van der Waals surface area contributed by atoms with Gasteiger partial charge in [0.15, 0.2) is 0 Å². The van der Waals surface area contributed by atoms with Crippen molar-refractivity contribution in [2.75, 3.05) is 5.32 Å². The molecule has 1 aromatic heterocycles. The van der Waals surface area contributed by atoms with Gasteiger partial charge >= 0.3 is 0 Å². The molecule has 0 unspecified atom stereocenters. The predicted molar refractivity (Wildman–Crippen MR) is 82.7 cm³/mol. The Labute approximate surface area is 131 Å². The van der Waals surface area contributed by atoms with E-state index in [0.29, 0.717) is 21.6 Å². The molecular formula is C14H13Cl2N3O2. The van der Waals surface area contributed by atoms with Crippen LogP contribution in [0.5, 0.6) is 0 Å². The monoisotopic (exact) mass is 325 g/mol. The van der Waals surface area contributed by atoms with Crippen molar-refractivity contribution >= 4 is 40.7 Å². The van der Waals surface area contributed by atoms with Crippen LogP contribution >= 0.6 is 23.2 Å². The van der Waals surface area contributed by atoms with Gasteiger partial charge in [-0.15, -0.1) is 0 Å². The van der Waals surface area contributed by atoms with Crippen molar-refractivity contribution in [2.45, 2.75) is 6.42 Å². The van der Waals surface area contributed by atoms with Crippen molar-refractivity contribution in [1.82, 2.24) is 4.57 Å². The lowest BCUT2D eigenvalue weighted by atomic mass is 10.1. The zero-order valence-corrected chi connectivity index (χ0v) is 12.7. The number of primary amides is 1. The lowest BCUT2D eigenvalue weighted by Crippen LogP contribution is -2.16. The second kappa shape index (κ2) is 6.20. The van der Waals surface area contributed by atoms with E-state index in [0.717, 1.165) is 5.56 Å². The molecule has 7 heteroatoms. The van der Waals surface area contributed by atoms with E-state index in [1.54, 1.807) is 31.3 Å². The summed E-state index contributed by atoms with van der Waals surface area (Å²) in [6, 6.07) is 8.35. The normalized spacial score (nSPS) is 10.4. The number of hydrogen-bond donors (Lipinski definition) is 2. The van der Waals surface area contributed by atoms with Crippen LogP contribution in [0.3, 0.4) is 0 Å². The Bertz CT molecular complexity index is 693. The molecule has 21 heavy (non-hydrogen) atoms. The Morgan fingerprint density at radius 1 is 1.24 bits per heavy atom. The predicted octanol–water partition coefficient (Wildman–Crippen LogP) is 2.61. The molecule has 0 saturated heterocycles. The first-order chi connectivity index (χ1) is 9.88. The van der Waals surface area contributed by atoms with Crippen LogP contribution in [-0.2, 0) is 18.3 Å². The van der Waals surface area contributed by atoms with Gasteiger partial charge in [-0.25, -0.2) is 0 Å². The van der Waals surface area contributed by atoms with Crippen LogP contribution in [0.1, 0.15) is 16.1 Å². The summed E-state index contributed by atoms with van der Waals surface area (Å²) in [4.78, 5) is 23.0. The first-order valence-electron chi connectivity index (χ1n) is 6.08. The third-order valence-corrected chi connectivity index (χ3v) is 3.78. The van der Waals surface area contributed by atoms with Gasteiger partial charge in [0.25, 0.3) is 5.91 Å². The van der Waals surface area contributed by atoms with Gasteiger partial charge in [0.2, 0.25) is 5.91 Å². The van der Waals surface area contributed by atoms with Gasteiger partial charge in [-0.1, -0.05) is 35.3 Å². The standard InChI is InChI=1S/C14H13Cl2N3O2/c1-19-11(7-10(15)13(19)16)14(21)18-9-4-2-8(3-5-9)6-12(17)20/h2-5,7H,6H2,1H3,(H2,17,20)(H,18,21). The van der Waals surface area contributed by atoms with E-state index in [-0.39, 0.29) is 12.3 Å². The molecule has 110 valence electrons. The van der Waals surface area contributed by atoms with Crippen molar-refractivity contribution < 1.29 is 9.59 Å². The Hall–Kier alpha value is -1.98. The summed E-state index contributed by atoms with van der Waals surface area (Å²) in [7, 11) is 1.65. The molecule has 0 aliphatic heterocycles. The fourth-order valence-corrected chi connectivity index (χ4v) is 2.24. The Kier molecular flexibility index (Phi) is 4.55. The van der Waals surface area contributed by atoms with Crippen molar-refractivity contribution in [3.63, 3.8) is 0 Å². The van der Waals surface area contributed by atoms with Crippen LogP contribution < -0.4 is 11.1 Å². The van der Waals surface area contributed by atoms with Crippen molar-refractivity contribution in [3.05, 3.63) is 51.8 Å². The Morgan fingerprint density at radius 2 is 1.86 bits per heavy atom. The summed E-state index contributed by atoms with van der Waals surface area (Å²) < 4.78 is 1.50. The third-order valence-electron chi connectivity index (χ3n) is 2.94. The number of nitrogens with zero attached hydrogens (tertiary/aromatic N) is 1. The number of carbonyl (C=O) groups excluding carboxylic acids is 2. The number of halogens is 2. The molecule has 1 heterocycles. The molecule has 1 aromatic carbocycles. The second-order valence-electron chi connectivity index (χ2n) is 4.52. The van der Waals surface area contributed by atoms with E-state index < -0.39 is 5.91 Å². The molecule has 0 bridgehead atoms. The quantitative estimate of drug-likeness (QED) is 0.906. The fraction of sp³-hybridized carbons (Fsp3) is 0.143. The maximum atomic E-state index is 12.1. The van der Waals surface area contributed by atoms with E-state index in [2.05, 4.69) is 5.32 Å².